The lowest BCUT2D eigenvalue weighted by molar-refractivity contribution is -0.140. The molecule has 1 fully saturated rings. The highest BCUT2D eigenvalue weighted by atomic mass is 35.5. The fourth-order valence-electron chi connectivity index (χ4n) is 1.63. The minimum Gasteiger partial charge on any atom is -0.469 e. The largest absolute Gasteiger partial charge is 0.469 e. The Labute approximate surface area is 147 Å². The van der Waals surface area contributed by atoms with Gasteiger partial charge in [-0.05, 0) is 12.1 Å². The van der Waals surface area contributed by atoms with Gasteiger partial charge in [-0.25, -0.2) is 0 Å². The number of esters is 1. The zero-order valence-electron chi connectivity index (χ0n) is 12.2. The standard InChI is InChI=1S/C14H14ClN3O3S2/c1-21-13(20)5-6-22-11-4-2-3-10(15)9(11)7-16-18-14-17-12(19)8-23-14/h2-4,7H,5-6,8H2,1H3,(H,17,18,19). The van der Waals surface area contributed by atoms with E-state index >= 15 is 0 Å². The predicted molar refractivity (Wildman–Crippen MR) is 94.4 cm³/mol. The number of carbonyl (C=O) groups excluding carboxylic acids is 2. The molecule has 0 radical (unpaired) electrons. The average Bonchev–Trinajstić information content (AvgIpc) is 2.95. The zero-order valence-corrected chi connectivity index (χ0v) is 14.6. The third-order valence-electron chi connectivity index (χ3n) is 2.73. The van der Waals surface area contributed by atoms with Crippen LogP contribution in [-0.4, -0.2) is 41.9 Å². The number of rotatable bonds is 6. The summed E-state index contributed by atoms with van der Waals surface area (Å²) < 4.78 is 4.61. The summed E-state index contributed by atoms with van der Waals surface area (Å²) in [6, 6.07) is 5.49. The molecule has 0 bridgehead atoms. The summed E-state index contributed by atoms with van der Waals surface area (Å²) in [5, 5.41) is 11.5. The molecule has 1 aliphatic rings. The number of thioether (sulfide) groups is 2. The molecule has 6 nitrogen and oxygen atoms in total. The second-order valence-electron chi connectivity index (χ2n) is 4.31. The van der Waals surface area contributed by atoms with E-state index in [9.17, 15) is 9.59 Å². The molecule has 2 rings (SSSR count). The highest BCUT2D eigenvalue weighted by Gasteiger charge is 2.16. The van der Waals surface area contributed by atoms with Crippen LogP contribution in [0.5, 0.6) is 0 Å². The highest BCUT2D eigenvalue weighted by Crippen LogP contribution is 2.27. The molecule has 1 aromatic carbocycles. The Morgan fingerprint density at radius 2 is 2.39 bits per heavy atom. The first-order valence-corrected chi connectivity index (χ1v) is 8.97. The molecule has 0 aliphatic carbocycles. The minimum atomic E-state index is -0.254. The quantitative estimate of drug-likeness (QED) is 0.360. The van der Waals surface area contributed by atoms with E-state index in [1.807, 2.05) is 12.1 Å². The maximum atomic E-state index is 11.2. The Bertz CT molecular complexity index is 665. The van der Waals surface area contributed by atoms with E-state index in [0.29, 0.717) is 28.1 Å². The smallest absolute Gasteiger partial charge is 0.306 e. The molecule has 9 heteroatoms. The normalized spacial score (nSPS) is 16.1. The fourth-order valence-corrected chi connectivity index (χ4v) is 3.52. The van der Waals surface area contributed by atoms with Crippen LogP contribution in [-0.2, 0) is 14.3 Å². The van der Waals surface area contributed by atoms with Gasteiger partial charge in [0, 0.05) is 16.2 Å². The maximum absolute atomic E-state index is 11.2. The molecule has 122 valence electrons. The molecule has 1 heterocycles. The molecule has 0 spiro atoms. The van der Waals surface area contributed by atoms with Crippen LogP contribution in [0.3, 0.4) is 0 Å². The van der Waals surface area contributed by atoms with Gasteiger partial charge in [0.1, 0.15) is 0 Å². The monoisotopic (exact) mass is 371 g/mol. The van der Waals surface area contributed by atoms with E-state index in [0.717, 1.165) is 10.5 Å². The second-order valence-corrected chi connectivity index (χ2v) is 6.82. The van der Waals surface area contributed by atoms with Gasteiger partial charge in [0.05, 0.1) is 30.5 Å². The van der Waals surface area contributed by atoms with Crippen molar-refractivity contribution in [3.05, 3.63) is 28.8 Å². The number of hydrogen-bond acceptors (Lipinski definition) is 7. The van der Waals surface area contributed by atoms with Gasteiger partial charge in [0.15, 0.2) is 5.17 Å². The topological polar surface area (TPSA) is 80.1 Å². The molecule has 0 unspecified atom stereocenters. The molecule has 1 saturated heterocycles. The third kappa shape index (κ3) is 5.56. The SMILES string of the molecule is COC(=O)CCSc1cccc(Cl)c1C=NN=C1NC(=O)CS1. The molecular formula is C14H14ClN3O3S2. The van der Waals surface area contributed by atoms with Crippen LogP contribution < -0.4 is 5.32 Å². The van der Waals surface area contributed by atoms with Gasteiger partial charge in [-0.15, -0.1) is 16.9 Å². The van der Waals surface area contributed by atoms with E-state index in [1.54, 1.807) is 12.3 Å². The zero-order chi connectivity index (χ0) is 16.7. The summed E-state index contributed by atoms with van der Waals surface area (Å²) >= 11 is 8.98. The molecule has 0 atom stereocenters. The number of methoxy groups -OCH3 is 1. The van der Waals surface area contributed by atoms with E-state index in [1.165, 1.54) is 30.6 Å². The number of nitrogens with one attached hydrogen (secondary N) is 1. The van der Waals surface area contributed by atoms with Crippen LogP contribution in [0, 0.1) is 0 Å². The van der Waals surface area contributed by atoms with E-state index in [-0.39, 0.29) is 11.9 Å². The lowest BCUT2D eigenvalue weighted by Crippen LogP contribution is -2.19. The van der Waals surface area contributed by atoms with Crippen molar-refractivity contribution in [2.45, 2.75) is 11.3 Å². The maximum Gasteiger partial charge on any atom is 0.306 e. The van der Waals surface area contributed by atoms with Gasteiger partial charge >= 0.3 is 5.97 Å². The minimum absolute atomic E-state index is 0.0826. The predicted octanol–water partition coefficient (Wildman–Crippen LogP) is 2.55. The summed E-state index contributed by atoms with van der Waals surface area (Å²) in [6.07, 6.45) is 1.86. The third-order valence-corrected chi connectivity index (χ3v) is 4.99. The van der Waals surface area contributed by atoms with Crippen molar-refractivity contribution >= 4 is 58.4 Å². The Balaban J connectivity index is 2.05. The summed E-state index contributed by atoms with van der Waals surface area (Å²) in [4.78, 5) is 23.1. The van der Waals surface area contributed by atoms with Crippen molar-refractivity contribution in [1.29, 1.82) is 0 Å². The molecule has 1 amide bonds. The Hall–Kier alpha value is -1.51. The van der Waals surface area contributed by atoms with Crippen LogP contribution in [0.2, 0.25) is 5.02 Å². The van der Waals surface area contributed by atoms with E-state index in [2.05, 4.69) is 20.3 Å². The first-order valence-electron chi connectivity index (χ1n) is 6.62. The first kappa shape index (κ1) is 17.8. The molecule has 0 aromatic heterocycles. The summed E-state index contributed by atoms with van der Waals surface area (Å²) in [5.74, 6) is 0.597. The number of ether oxygens (including phenoxy) is 1. The van der Waals surface area contributed by atoms with Crippen LogP contribution in [0.25, 0.3) is 0 Å². The number of amides is 1. The van der Waals surface area contributed by atoms with Crippen LogP contribution in [0.1, 0.15) is 12.0 Å². The number of amidine groups is 1. The number of halogens is 1. The van der Waals surface area contributed by atoms with Crippen molar-refractivity contribution in [3.8, 4) is 0 Å². The van der Waals surface area contributed by atoms with Gasteiger partial charge in [-0.3, -0.25) is 9.59 Å². The molecule has 23 heavy (non-hydrogen) atoms. The van der Waals surface area contributed by atoms with Gasteiger partial charge < -0.3 is 10.1 Å². The Morgan fingerprint density at radius 1 is 1.57 bits per heavy atom. The summed E-state index contributed by atoms with van der Waals surface area (Å²) in [7, 11) is 1.36. The average molecular weight is 372 g/mol. The van der Waals surface area contributed by atoms with Crippen molar-refractivity contribution < 1.29 is 14.3 Å². The van der Waals surface area contributed by atoms with E-state index < -0.39 is 0 Å². The summed E-state index contributed by atoms with van der Waals surface area (Å²) in [5.41, 5.74) is 0.725. The molecule has 1 N–H and O–H groups in total. The highest BCUT2D eigenvalue weighted by molar-refractivity contribution is 8.15. The van der Waals surface area contributed by atoms with Gasteiger partial charge in [-0.2, -0.15) is 5.10 Å². The van der Waals surface area contributed by atoms with Crippen LogP contribution >= 0.6 is 35.1 Å². The summed E-state index contributed by atoms with van der Waals surface area (Å²) in [6.45, 7) is 0. The van der Waals surface area contributed by atoms with Crippen molar-refractivity contribution in [2.75, 3.05) is 18.6 Å². The van der Waals surface area contributed by atoms with Gasteiger partial charge in [0.2, 0.25) is 5.91 Å². The number of carbonyl (C=O) groups is 2. The van der Waals surface area contributed by atoms with E-state index in [4.69, 9.17) is 11.6 Å². The molecular weight excluding hydrogens is 358 g/mol. The Kier molecular flexibility index (Phi) is 6.94. The Morgan fingerprint density at radius 3 is 3.09 bits per heavy atom. The first-order chi connectivity index (χ1) is 11.1. The van der Waals surface area contributed by atoms with Crippen LogP contribution in [0.15, 0.2) is 33.3 Å². The number of hydrogen-bond donors (Lipinski definition) is 1. The lowest BCUT2D eigenvalue weighted by atomic mass is 10.2. The number of benzene rings is 1. The van der Waals surface area contributed by atoms with Crippen molar-refractivity contribution in [3.63, 3.8) is 0 Å². The van der Waals surface area contributed by atoms with Crippen LogP contribution in [0.4, 0.5) is 0 Å². The van der Waals surface area contributed by atoms with Gasteiger partial charge in [0.25, 0.3) is 0 Å². The van der Waals surface area contributed by atoms with Crippen molar-refractivity contribution in [2.24, 2.45) is 10.2 Å². The molecule has 1 aliphatic heterocycles. The van der Waals surface area contributed by atoms with Gasteiger partial charge in [-0.1, -0.05) is 29.4 Å². The molecule has 0 saturated carbocycles. The second kappa shape index (κ2) is 8.95. The van der Waals surface area contributed by atoms with Crippen molar-refractivity contribution in [1.82, 2.24) is 5.32 Å². The number of nitrogens with zero attached hydrogens (tertiary/aromatic N) is 2. The lowest BCUT2D eigenvalue weighted by Gasteiger charge is -2.06. The molecule has 1 aromatic rings. The fraction of sp³-hybridized carbons (Fsp3) is 0.286.